The predicted octanol–water partition coefficient (Wildman–Crippen LogP) is 2.35. The first-order chi connectivity index (χ1) is 12.6. The van der Waals surface area contributed by atoms with E-state index >= 15 is 0 Å². The maximum atomic E-state index is 12.4. The fourth-order valence-electron chi connectivity index (χ4n) is 2.84. The molecule has 8 heteroatoms. The maximum Gasteiger partial charge on any atom is 0.317 e. The molecule has 0 bridgehead atoms. The van der Waals surface area contributed by atoms with Gasteiger partial charge in [0.1, 0.15) is 5.75 Å². The average Bonchev–Trinajstić information content (AvgIpc) is 3.38. The van der Waals surface area contributed by atoms with Crippen LogP contribution in [0.1, 0.15) is 49.7 Å². The van der Waals surface area contributed by atoms with Crippen LogP contribution in [-0.4, -0.2) is 51.8 Å². The normalized spacial score (nSPS) is 14.7. The van der Waals surface area contributed by atoms with Crippen LogP contribution in [-0.2, 0) is 6.42 Å². The van der Waals surface area contributed by atoms with E-state index in [4.69, 9.17) is 4.74 Å². The highest BCUT2D eigenvalue weighted by atomic mass is 16.5. The monoisotopic (exact) mass is 358 g/mol. The van der Waals surface area contributed by atoms with Gasteiger partial charge >= 0.3 is 6.03 Å². The number of amides is 2. The molecular weight excluding hydrogens is 332 g/mol. The summed E-state index contributed by atoms with van der Waals surface area (Å²) in [6.45, 7) is 2.59. The summed E-state index contributed by atoms with van der Waals surface area (Å²) in [4.78, 5) is 14.1. The summed E-state index contributed by atoms with van der Waals surface area (Å²) in [6, 6.07) is 8.08. The van der Waals surface area contributed by atoms with Crippen molar-refractivity contribution >= 4 is 6.03 Å². The molecule has 2 aromatic rings. The Morgan fingerprint density at radius 2 is 2.12 bits per heavy atom. The highest BCUT2D eigenvalue weighted by molar-refractivity contribution is 5.74. The number of benzene rings is 1. The maximum absolute atomic E-state index is 12.4. The van der Waals surface area contributed by atoms with Gasteiger partial charge in [0, 0.05) is 13.6 Å². The molecule has 1 fully saturated rings. The van der Waals surface area contributed by atoms with E-state index in [0.29, 0.717) is 18.4 Å². The molecular formula is C18H26N6O2. The number of hydrogen-bond acceptors (Lipinski definition) is 5. The SMILES string of the molecule is COc1ccc(CCCN(C)C(=O)NC(C)c2nnnn2C2CC2)cc1. The van der Waals surface area contributed by atoms with Crippen LogP contribution >= 0.6 is 0 Å². The van der Waals surface area contributed by atoms with Crippen LogP contribution in [0.15, 0.2) is 24.3 Å². The van der Waals surface area contributed by atoms with E-state index in [9.17, 15) is 4.79 Å². The van der Waals surface area contributed by atoms with Crippen molar-refractivity contribution in [3.05, 3.63) is 35.7 Å². The largest absolute Gasteiger partial charge is 0.497 e. The Kier molecular flexibility index (Phi) is 5.70. The number of ether oxygens (including phenoxy) is 1. The number of nitrogens with zero attached hydrogens (tertiary/aromatic N) is 5. The molecule has 1 aliphatic carbocycles. The second-order valence-corrected chi connectivity index (χ2v) is 6.76. The minimum atomic E-state index is -0.220. The summed E-state index contributed by atoms with van der Waals surface area (Å²) in [5.74, 6) is 1.57. The van der Waals surface area contributed by atoms with E-state index in [0.717, 1.165) is 31.4 Å². The molecule has 0 radical (unpaired) electrons. The third-order valence-electron chi connectivity index (χ3n) is 4.60. The van der Waals surface area contributed by atoms with Crippen molar-refractivity contribution in [1.82, 2.24) is 30.4 Å². The highest BCUT2D eigenvalue weighted by Crippen LogP contribution is 2.35. The molecule has 0 aliphatic heterocycles. The number of carbonyl (C=O) groups excluding carboxylic acids is 1. The first kappa shape index (κ1) is 18.2. The number of hydrogen-bond donors (Lipinski definition) is 1. The summed E-state index contributed by atoms with van der Waals surface area (Å²) >= 11 is 0. The van der Waals surface area contributed by atoms with E-state index in [1.165, 1.54) is 5.56 Å². The summed E-state index contributed by atoms with van der Waals surface area (Å²) in [7, 11) is 3.46. The molecule has 1 atom stereocenters. The topological polar surface area (TPSA) is 85.2 Å². The molecule has 0 spiro atoms. The minimum Gasteiger partial charge on any atom is -0.497 e. The minimum absolute atomic E-state index is 0.113. The van der Waals surface area contributed by atoms with Crippen molar-refractivity contribution in [3.63, 3.8) is 0 Å². The number of aryl methyl sites for hydroxylation is 1. The Morgan fingerprint density at radius 1 is 1.38 bits per heavy atom. The van der Waals surface area contributed by atoms with Gasteiger partial charge in [0.15, 0.2) is 5.82 Å². The molecule has 1 aromatic heterocycles. The number of carbonyl (C=O) groups is 1. The fraction of sp³-hybridized carbons (Fsp3) is 0.556. The summed E-state index contributed by atoms with van der Waals surface area (Å²) in [5.41, 5.74) is 1.23. The first-order valence-corrected chi connectivity index (χ1v) is 9.01. The fourth-order valence-corrected chi connectivity index (χ4v) is 2.84. The Labute approximate surface area is 153 Å². The molecule has 1 aliphatic rings. The van der Waals surface area contributed by atoms with E-state index in [-0.39, 0.29) is 12.1 Å². The number of tetrazole rings is 1. The smallest absolute Gasteiger partial charge is 0.317 e. The van der Waals surface area contributed by atoms with Crippen molar-refractivity contribution in [3.8, 4) is 5.75 Å². The van der Waals surface area contributed by atoms with Gasteiger partial charge in [-0.3, -0.25) is 0 Å². The van der Waals surface area contributed by atoms with Crippen molar-refractivity contribution in [2.24, 2.45) is 0 Å². The summed E-state index contributed by atoms with van der Waals surface area (Å²) < 4.78 is 6.99. The van der Waals surface area contributed by atoms with Crippen molar-refractivity contribution in [2.45, 2.75) is 44.7 Å². The number of rotatable bonds is 8. The Balaban J connectivity index is 1.44. The van der Waals surface area contributed by atoms with Gasteiger partial charge in [-0.2, -0.15) is 0 Å². The van der Waals surface area contributed by atoms with E-state index in [2.05, 4.69) is 33.0 Å². The van der Waals surface area contributed by atoms with E-state index < -0.39 is 0 Å². The van der Waals surface area contributed by atoms with Gasteiger partial charge in [-0.05, 0) is 60.7 Å². The van der Waals surface area contributed by atoms with E-state index in [1.807, 2.05) is 23.7 Å². The molecule has 8 nitrogen and oxygen atoms in total. The molecule has 26 heavy (non-hydrogen) atoms. The molecule has 1 saturated carbocycles. The molecule has 1 heterocycles. The van der Waals surface area contributed by atoms with Crippen LogP contribution in [0.3, 0.4) is 0 Å². The Morgan fingerprint density at radius 3 is 2.77 bits per heavy atom. The zero-order valence-electron chi connectivity index (χ0n) is 15.6. The molecule has 1 aromatic carbocycles. The van der Waals surface area contributed by atoms with Gasteiger partial charge in [0.2, 0.25) is 0 Å². The summed E-state index contributed by atoms with van der Waals surface area (Å²) in [5, 5.41) is 14.8. The Bertz CT molecular complexity index is 726. The van der Waals surface area contributed by atoms with Gasteiger partial charge in [0.25, 0.3) is 0 Å². The second-order valence-electron chi connectivity index (χ2n) is 6.76. The molecule has 1 unspecified atom stereocenters. The zero-order valence-corrected chi connectivity index (χ0v) is 15.6. The number of aromatic nitrogens is 4. The van der Waals surface area contributed by atoms with Gasteiger partial charge in [-0.1, -0.05) is 12.1 Å². The standard InChI is InChI=1S/C18H26N6O2/c1-13(17-20-21-22-24(17)15-8-9-15)19-18(25)23(2)12-4-5-14-6-10-16(26-3)11-7-14/h6-7,10-11,13,15H,4-5,8-9,12H2,1-3H3,(H,19,25). The van der Waals surface area contributed by atoms with Gasteiger partial charge in [-0.25, -0.2) is 9.48 Å². The number of nitrogens with one attached hydrogen (secondary N) is 1. The lowest BCUT2D eigenvalue weighted by atomic mass is 10.1. The van der Waals surface area contributed by atoms with Crippen LogP contribution in [0.25, 0.3) is 0 Å². The third kappa shape index (κ3) is 4.50. The molecule has 0 saturated heterocycles. The second kappa shape index (κ2) is 8.16. The van der Waals surface area contributed by atoms with Crippen LogP contribution in [0.4, 0.5) is 4.79 Å². The molecule has 2 amide bonds. The number of methoxy groups -OCH3 is 1. The average molecular weight is 358 g/mol. The predicted molar refractivity (Wildman–Crippen MR) is 97.0 cm³/mol. The third-order valence-corrected chi connectivity index (χ3v) is 4.60. The lowest BCUT2D eigenvalue weighted by Crippen LogP contribution is -2.39. The lowest BCUT2D eigenvalue weighted by molar-refractivity contribution is 0.204. The van der Waals surface area contributed by atoms with Crippen LogP contribution in [0, 0.1) is 0 Å². The van der Waals surface area contributed by atoms with Gasteiger partial charge < -0.3 is 15.0 Å². The Hall–Kier alpha value is -2.64. The van der Waals surface area contributed by atoms with Crippen LogP contribution in [0.5, 0.6) is 5.75 Å². The van der Waals surface area contributed by atoms with Gasteiger partial charge in [0.05, 0.1) is 19.2 Å². The first-order valence-electron chi connectivity index (χ1n) is 9.01. The van der Waals surface area contributed by atoms with Crippen molar-refractivity contribution < 1.29 is 9.53 Å². The zero-order chi connectivity index (χ0) is 18.5. The lowest BCUT2D eigenvalue weighted by Gasteiger charge is -2.21. The van der Waals surface area contributed by atoms with Gasteiger partial charge in [-0.15, -0.1) is 5.10 Å². The van der Waals surface area contributed by atoms with Crippen LogP contribution < -0.4 is 10.1 Å². The number of urea groups is 1. The quantitative estimate of drug-likeness (QED) is 0.783. The summed E-state index contributed by atoms with van der Waals surface area (Å²) in [6.07, 6.45) is 4.01. The highest BCUT2D eigenvalue weighted by Gasteiger charge is 2.30. The van der Waals surface area contributed by atoms with Crippen molar-refractivity contribution in [2.75, 3.05) is 20.7 Å². The van der Waals surface area contributed by atoms with Crippen LogP contribution in [0.2, 0.25) is 0 Å². The molecule has 140 valence electrons. The van der Waals surface area contributed by atoms with Crippen molar-refractivity contribution in [1.29, 1.82) is 0 Å². The molecule has 3 rings (SSSR count). The van der Waals surface area contributed by atoms with E-state index in [1.54, 1.807) is 19.1 Å². The molecule has 1 N–H and O–H groups in total.